The maximum atomic E-state index is 11.6. The lowest BCUT2D eigenvalue weighted by atomic mass is 10.2. The van der Waals surface area contributed by atoms with Gasteiger partial charge in [0.25, 0.3) is 0 Å². The highest BCUT2D eigenvalue weighted by Crippen LogP contribution is 2.31. The van der Waals surface area contributed by atoms with Gasteiger partial charge in [-0.3, -0.25) is 4.90 Å². The van der Waals surface area contributed by atoms with Crippen molar-refractivity contribution in [1.29, 1.82) is 0 Å². The van der Waals surface area contributed by atoms with Crippen LogP contribution in [0.5, 0.6) is 0 Å². The highest BCUT2D eigenvalue weighted by Gasteiger charge is 2.34. The molecule has 2 heterocycles. The molecule has 2 fully saturated rings. The van der Waals surface area contributed by atoms with Crippen molar-refractivity contribution in [3.63, 3.8) is 0 Å². The number of carbonyl (C=O) groups is 1. The fraction of sp³-hybridized carbons (Fsp3) is 0.571. The summed E-state index contributed by atoms with van der Waals surface area (Å²) in [7, 11) is 1.35. The van der Waals surface area contributed by atoms with Gasteiger partial charge in [-0.15, -0.1) is 0 Å². The van der Waals surface area contributed by atoms with Crippen molar-refractivity contribution in [2.24, 2.45) is 0 Å². The number of anilines is 2. The normalized spacial score (nSPS) is 22.8. The van der Waals surface area contributed by atoms with E-state index in [4.69, 9.17) is 10.5 Å². The SMILES string of the molecule is COC(=O)c1ccnc(NC2CCN(C3CC3)C2)c1N. The van der Waals surface area contributed by atoms with E-state index < -0.39 is 5.97 Å². The van der Waals surface area contributed by atoms with Gasteiger partial charge in [0.2, 0.25) is 0 Å². The Hall–Kier alpha value is -1.82. The third-order valence-electron chi connectivity index (χ3n) is 4.02. The first kappa shape index (κ1) is 13.2. The van der Waals surface area contributed by atoms with Gasteiger partial charge in [-0.2, -0.15) is 0 Å². The minimum atomic E-state index is -0.432. The molecule has 0 aromatic carbocycles. The Bertz CT molecular complexity index is 516. The predicted molar refractivity (Wildman–Crippen MR) is 76.6 cm³/mol. The number of nitrogen functional groups attached to an aromatic ring is 1. The molecule has 0 amide bonds. The summed E-state index contributed by atoms with van der Waals surface area (Å²) in [6.45, 7) is 2.15. The molecular formula is C14H20N4O2. The number of carbonyl (C=O) groups excluding carboxylic acids is 1. The lowest BCUT2D eigenvalue weighted by Crippen LogP contribution is -2.28. The summed E-state index contributed by atoms with van der Waals surface area (Å²) < 4.78 is 4.72. The van der Waals surface area contributed by atoms with Crippen LogP contribution in [-0.2, 0) is 4.74 Å². The molecule has 1 saturated heterocycles. The topological polar surface area (TPSA) is 80.5 Å². The molecule has 3 rings (SSSR count). The zero-order valence-electron chi connectivity index (χ0n) is 11.6. The third-order valence-corrected chi connectivity index (χ3v) is 4.02. The number of aromatic nitrogens is 1. The van der Waals surface area contributed by atoms with E-state index in [-0.39, 0.29) is 0 Å². The van der Waals surface area contributed by atoms with Gasteiger partial charge in [-0.25, -0.2) is 9.78 Å². The van der Waals surface area contributed by atoms with Crippen molar-refractivity contribution in [2.45, 2.75) is 31.3 Å². The Morgan fingerprint density at radius 2 is 2.30 bits per heavy atom. The second kappa shape index (κ2) is 5.28. The van der Waals surface area contributed by atoms with Crippen molar-refractivity contribution >= 4 is 17.5 Å². The van der Waals surface area contributed by atoms with Crippen LogP contribution >= 0.6 is 0 Å². The molecular weight excluding hydrogens is 256 g/mol. The summed E-state index contributed by atoms with van der Waals surface area (Å²) in [5, 5.41) is 3.36. The van der Waals surface area contributed by atoms with E-state index in [2.05, 4.69) is 15.2 Å². The van der Waals surface area contributed by atoms with Gasteiger partial charge in [-0.1, -0.05) is 0 Å². The fourth-order valence-corrected chi connectivity index (χ4v) is 2.75. The van der Waals surface area contributed by atoms with Crippen molar-refractivity contribution in [3.05, 3.63) is 17.8 Å². The summed E-state index contributed by atoms with van der Waals surface area (Å²) in [6, 6.07) is 2.71. The Morgan fingerprint density at radius 1 is 1.50 bits per heavy atom. The van der Waals surface area contributed by atoms with Gasteiger partial charge in [-0.05, 0) is 25.3 Å². The van der Waals surface area contributed by atoms with Gasteiger partial charge >= 0.3 is 5.97 Å². The van der Waals surface area contributed by atoms with Gasteiger partial charge in [0.1, 0.15) is 5.82 Å². The summed E-state index contributed by atoms with van der Waals surface area (Å²) in [5.74, 6) is 0.148. The number of methoxy groups -OCH3 is 1. The molecule has 0 spiro atoms. The van der Waals surface area contributed by atoms with Gasteiger partial charge in [0, 0.05) is 31.4 Å². The van der Waals surface area contributed by atoms with E-state index in [1.165, 1.54) is 20.0 Å². The second-order valence-corrected chi connectivity index (χ2v) is 5.47. The van der Waals surface area contributed by atoms with Gasteiger partial charge in [0.15, 0.2) is 0 Å². The highest BCUT2D eigenvalue weighted by atomic mass is 16.5. The van der Waals surface area contributed by atoms with Crippen LogP contribution in [0.3, 0.4) is 0 Å². The minimum absolute atomic E-state index is 0.346. The standard InChI is InChI=1S/C14H20N4O2/c1-20-14(19)11-4-6-16-13(12(11)15)17-9-5-7-18(8-9)10-2-3-10/h4,6,9-10H,2-3,5,7-8,15H2,1H3,(H,16,17). The maximum absolute atomic E-state index is 11.6. The van der Waals surface area contributed by atoms with E-state index in [0.717, 1.165) is 25.6 Å². The molecule has 0 radical (unpaired) electrons. The molecule has 20 heavy (non-hydrogen) atoms. The molecule has 2 aliphatic rings. The number of ether oxygens (including phenoxy) is 1. The smallest absolute Gasteiger partial charge is 0.340 e. The lowest BCUT2D eigenvalue weighted by molar-refractivity contribution is 0.0602. The predicted octanol–water partition coefficient (Wildman–Crippen LogP) is 1.10. The quantitative estimate of drug-likeness (QED) is 0.802. The van der Waals surface area contributed by atoms with Crippen LogP contribution in [0, 0.1) is 0 Å². The maximum Gasteiger partial charge on any atom is 0.340 e. The number of likely N-dealkylation sites (tertiary alicyclic amines) is 1. The third kappa shape index (κ3) is 2.56. The molecule has 1 aromatic heterocycles. The van der Waals surface area contributed by atoms with Crippen molar-refractivity contribution in [2.75, 3.05) is 31.2 Å². The number of hydrogen-bond donors (Lipinski definition) is 2. The van der Waals surface area contributed by atoms with E-state index in [1.807, 2.05) is 0 Å². The molecule has 1 aromatic rings. The second-order valence-electron chi connectivity index (χ2n) is 5.47. The monoisotopic (exact) mass is 276 g/mol. The van der Waals surface area contributed by atoms with Crippen LogP contribution in [0.4, 0.5) is 11.5 Å². The van der Waals surface area contributed by atoms with Crippen LogP contribution < -0.4 is 11.1 Å². The van der Waals surface area contributed by atoms with Crippen molar-refractivity contribution < 1.29 is 9.53 Å². The number of nitrogens with one attached hydrogen (secondary N) is 1. The minimum Gasteiger partial charge on any atom is -0.465 e. The Balaban J connectivity index is 1.69. The van der Waals surface area contributed by atoms with E-state index in [9.17, 15) is 4.79 Å². The summed E-state index contributed by atoms with van der Waals surface area (Å²) in [6.07, 6.45) is 5.31. The molecule has 1 unspecified atom stereocenters. The number of esters is 1. The van der Waals surface area contributed by atoms with E-state index >= 15 is 0 Å². The Morgan fingerprint density at radius 3 is 3.00 bits per heavy atom. The van der Waals surface area contributed by atoms with Crippen LogP contribution in [0.1, 0.15) is 29.6 Å². The largest absolute Gasteiger partial charge is 0.465 e. The van der Waals surface area contributed by atoms with Crippen LogP contribution in [-0.4, -0.2) is 48.1 Å². The number of nitrogens with two attached hydrogens (primary N) is 1. The molecule has 1 aliphatic heterocycles. The van der Waals surface area contributed by atoms with Gasteiger partial charge < -0.3 is 15.8 Å². The zero-order chi connectivity index (χ0) is 14.1. The first-order valence-electron chi connectivity index (χ1n) is 7.02. The van der Waals surface area contributed by atoms with Crippen LogP contribution in [0.25, 0.3) is 0 Å². The average molecular weight is 276 g/mol. The number of pyridine rings is 1. The number of hydrogen-bond acceptors (Lipinski definition) is 6. The molecule has 1 atom stereocenters. The molecule has 6 nitrogen and oxygen atoms in total. The number of nitrogens with zero attached hydrogens (tertiary/aromatic N) is 2. The summed E-state index contributed by atoms with van der Waals surface area (Å²) in [4.78, 5) is 18.4. The van der Waals surface area contributed by atoms with Crippen molar-refractivity contribution in [3.8, 4) is 0 Å². The van der Waals surface area contributed by atoms with Crippen molar-refractivity contribution in [1.82, 2.24) is 9.88 Å². The first-order valence-corrected chi connectivity index (χ1v) is 7.02. The molecule has 1 aliphatic carbocycles. The summed E-state index contributed by atoms with van der Waals surface area (Å²) >= 11 is 0. The Kier molecular flexibility index (Phi) is 3.48. The molecule has 3 N–H and O–H groups in total. The summed E-state index contributed by atoms with van der Waals surface area (Å²) in [5.41, 5.74) is 6.73. The van der Waals surface area contributed by atoms with E-state index in [0.29, 0.717) is 23.1 Å². The first-order chi connectivity index (χ1) is 9.69. The lowest BCUT2D eigenvalue weighted by Gasteiger charge is -2.17. The Labute approximate surface area is 118 Å². The van der Waals surface area contributed by atoms with Gasteiger partial charge in [0.05, 0.1) is 18.4 Å². The molecule has 1 saturated carbocycles. The average Bonchev–Trinajstić information content (AvgIpc) is 3.21. The zero-order valence-corrected chi connectivity index (χ0v) is 11.6. The molecule has 0 bridgehead atoms. The highest BCUT2D eigenvalue weighted by molar-refractivity contribution is 5.97. The van der Waals surface area contributed by atoms with Crippen LogP contribution in [0.2, 0.25) is 0 Å². The number of rotatable bonds is 4. The molecule has 6 heteroatoms. The van der Waals surface area contributed by atoms with E-state index in [1.54, 1.807) is 12.3 Å². The fourth-order valence-electron chi connectivity index (χ4n) is 2.75. The molecule has 108 valence electrons. The van der Waals surface area contributed by atoms with Crippen LogP contribution in [0.15, 0.2) is 12.3 Å².